The minimum absolute atomic E-state index is 0.0700. The van der Waals surface area contributed by atoms with Crippen LogP contribution in [0.1, 0.15) is 11.5 Å². The number of hydrogen-bond acceptors (Lipinski definition) is 4. The highest BCUT2D eigenvalue weighted by Gasteiger charge is 2.19. The Morgan fingerprint density at radius 1 is 1.11 bits per heavy atom. The second-order valence-electron chi connectivity index (χ2n) is 5.05. The zero-order chi connectivity index (χ0) is 14.6. The first-order valence-corrected chi connectivity index (χ1v) is 6.27. The molecule has 0 aromatic carbocycles. The quantitative estimate of drug-likeness (QED) is 0.819. The van der Waals surface area contributed by atoms with Crippen molar-refractivity contribution in [2.45, 2.75) is 13.8 Å². The van der Waals surface area contributed by atoms with Crippen LogP contribution in [0.5, 0.6) is 0 Å². The molecule has 0 N–H and O–H groups in total. The predicted molar refractivity (Wildman–Crippen MR) is 76.5 cm³/mol. The average Bonchev–Trinajstić information content (AvgIpc) is 2.27. The first kappa shape index (κ1) is 15.4. The third-order valence-corrected chi connectivity index (χ3v) is 2.61. The van der Waals surface area contributed by atoms with Crippen LogP contribution in [0.25, 0.3) is 0 Å². The number of likely N-dealkylation sites (N-methyl/N-ethyl adjacent to an activating group) is 1. The van der Waals surface area contributed by atoms with E-state index < -0.39 is 0 Å². The summed E-state index contributed by atoms with van der Waals surface area (Å²) in [7, 11) is 7.45. The van der Waals surface area contributed by atoms with Gasteiger partial charge in [0.25, 0.3) is 0 Å². The van der Waals surface area contributed by atoms with Gasteiger partial charge in [-0.3, -0.25) is 4.90 Å². The number of aromatic nitrogens is 2. The van der Waals surface area contributed by atoms with E-state index in [-0.39, 0.29) is 6.03 Å². The lowest BCUT2D eigenvalue weighted by molar-refractivity contribution is 0.222. The van der Waals surface area contributed by atoms with Gasteiger partial charge in [-0.1, -0.05) is 0 Å². The van der Waals surface area contributed by atoms with Crippen LogP contribution in [0, 0.1) is 13.8 Å². The zero-order valence-corrected chi connectivity index (χ0v) is 12.6. The minimum Gasteiger partial charge on any atom is -0.330 e. The molecule has 6 nitrogen and oxygen atoms in total. The Bertz CT molecular complexity index is 424. The molecule has 6 heteroatoms. The van der Waals surface area contributed by atoms with Crippen molar-refractivity contribution in [3.05, 3.63) is 17.6 Å². The van der Waals surface area contributed by atoms with E-state index in [1.54, 1.807) is 23.9 Å². The molecule has 1 rings (SSSR count). The van der Waals surface area contributed by atoms with E-state index in [2.05, 4.69) is 9.97 Å². The van der Waals surface area contributed by atoms with E-state index in [9.17, 15) is 4.79 Å². The Hall–Kier alpha value is -1.69. The van der Waals surface area contributed by atoms with Gasteiger partial charge in [0.2, 0.25) is 0 Å². The molecule has 0 saturated carbocycles. The molecule has 1 aromatic rings. The van der Waals surface area contributed by atoms with Gasteiger partial charge in [-0.15, -0.1) is 0 Å². The van der Waals surface area contributed by atoms with Gasteiger partial charge >= 0.3 is 6.03 Å². The van der Waals surface area contributed by atoms with E-state index >= 15 is 0 Å². The Morgan fingerprint density at radius 3 is 2.21 bits per heavy atom. The first-order chi connectivity index (χ1) is 8.81. The zero-order valence-electron chi connectivity index (χ0n) is 12.6. The standard InChI is InChI=1S/C13H23N5O/c1-10-9-12(15-11(2)14-10)18(8-7-16(3)4)13(19)17(5)6/h9H,7-8H2,1-6H3. The van der Waals surface area contributed by atoms with Crippen molar-refractivity contribution in [2.75, 3.05) is 46.2 Å². The lowest BCUT2D eigenvalue weighted by Crippen LogP contribution is -2.43. The fourth-order valence-corrected chi connectivity index (χ4v) is 1.69. The van der Waals surface area contributed by atoms with Gasteiger partial charge in [0.1, 0.15) is 11.6 Å². The Balaban J connectivity index is 3.03. The Labute approximate surface area is 115 Å². The second-order valence-corrected chi connectivity index (χ2v) is 5.05. The third-order valence-electron chi connectivity index (χ3n) is 2.61. The van der Waals surface area contributed by atoms with Crippen molar-refractivity contribution in [1.29, 1.82) is 0 Å². The highest BCUT2D eigenvalue weighted by Crippen LogP contribution is 2.14. The number of anilines is 1. The molecule has 0 aliphatic carbocycles. The number of carbonyl (C=O) groups is 1. The molecule has 106 valence electrons. The van der Waals surface area contributed by atoms with Crippen LogP contribution in [0.4, 0.5) is 10.6 Å². The summed E-state index contributed by atoms with van der Waals surface area (Å²) in [6.07, 6.45) is 0. The molecule has 0 fully saturated rings. The normalized spacial score (nSPS) is 10.7. The van der Waals surface area contributed by atoms with Crippen molar-refractivity contribution in [3.63, 3.8) is 0 Å². The highest BCUT2D eigenvalue weighted by atomic mass is 16.2. The van der Waals surface area contributed by atoms with E-state index in [4.69, 9.17) is 0 Å². The molecule has 0 bridgehead atoms. The maximum Gasteiger partial charge on any atom is 0.325 e. The number of nitrogens with zero attached hydrogens (tertiary/aromatic N) is 5. The smallest absolute Gasteiger partial charge is 0.325 e. The Kier molecular flexibility index (Phi) is 5.23. The molecule has 0 saturated heterocycles. The number of aryl methyl sites for hydroxylation is 2. The maximum absolute atomic E-state index is 12.3. The summed E-state index contributed by atoms with van der Waals surface area (Å²) in [6, 6.07) is 1.77. The van der Waals surface area contributed by atoms with Crippen molar-refractivity contribution in [1.82, 2.24) is 19.8 Å². The van der Waals surface area contributed by atoms with Crippen LogP contribution in [0.3, 0.4) is 0 Å². The van der Waals surface area contributed by atoms with E-state index in [1.807, 2.05) is 38.9 Å². The van der Waals surface area contributed by atoms with Gasteiger partial charge in [-0.25, -0.2) is 14.8 Å². The summed E-state index contributed by atoms with van der Waals surface area (Å²) in [6.45, 7) is 5.12. The molecule has 19 heavy (non-hydrogen) atoms. The molecule has 2 amide bonds. The number of rotatable bonds is 4. The molecule has 0 aliphatic heterocycles. The monoisotopic (exact) mass is 265 g/mol. The SMILES string of the molecule is Cc1cc(N(CCN(C)C)C(=O)N(C)C)nc(C)n1. The average molecular weight is 265 g/mol. The number of hydrogen-bond donors (Lipinski definition) is 0. The Morgan fingerprint density at radius 2 is 1.74 bits per heavy atom. The largest absolute Gasteiger partial charge is 0.330 e. The van der Waals surface area contributed by atoms with Crippen LogP contribution in [0.15, 0.2) is 6.07 Å². The number of urea groups is 1. The van der Waals surface area contributed by atoms with Crippen LogP contribution < -0.4 is 4.90 Å². The fourth-order valence-electron chi connectivity index (χ4n) is 1.69. The summed E-state index contributed by atoms with van der Waals surface area (Å²) in [5.41, 5.74) is 0.865. The molecule has 0 aliphatic rings. The van der Waals surface area contributed by atoms with Crippen molar-refractivity contribution < 1.29 is 4.79 Å². The lowest BCUT2D eigenvalue weighted by Gasteiger charge is -2.26. The molecule has 0 unspecified atom stereocenters. The van der Waals surface area contributed by atoms with E-state index in [0.29, 0.717) is 18.2 Å². The molecule has 0 spiro atoms. The van der Waals surface area contributed by atoms with Crippen LogP contribution in [-0.2, 0) is 0 Å². The second kappa shape index (κ2) is 6.47. The van der Waals surface area contributed by atoms with Gasteiger partial charge in [-0.05, 0) is 27.9 Å². The van der Waals surface area contributed by atoms with Gasteiger partial charge in [0.05, 0.1) is 0 Å². The van der Waals surface area contributed by atoms with Crippen molar-refractivity contribution in [2.24, 2.45) is 0 Å². The fraction of sp³-hybridized carbons (Fsp3) is 0.615. The van der Waals surface area contributed by atoms with E-state index in [1.165, 1.54) is 0 Å². The van der Waals surface area contributed by atoms with Gasteiger partial charge in [-0.2, -0.15) is 0 Å². The minimum atomic E-state index is -0.0700. The summed E-state index contributed by atoms with van der Waals surface area (Å²) in [5, 5.41) is 0. The van der Waals surface area contributed by atoms with Crippen LogP contribution >= 0.6 is 0 Å². The molecular formula is C13H23N5O. The highest BCUT2D eigenvalue weighted by molar-refractivity contribution is 5.90. The van der Waals surface area contributed by atoms with Gasteiger partial charge in [0, 0.05) is 38.9 Å². The molecule has 0 radical (unpaired) electrons. The molecule has 0 atom stereocenters. The molecular weight excluding hydrogens is 242 g/mol. The molecule has 1 heterocycles. The number of amides is 2. The summed E-state index contributed by atoms with van der Waals surface area (Å²) >= 11 is 0. The summed E-state index contributed by atoms with van der Waals surface area (Å²) in [5.74, 6) is 1.34. The van der Waals surface area contributed by atoms with Crippen molar-refractivity contribution >= 4 is 11.8 Å². The van der Waals surface area contributed by atoms with Crippen LogP contribution in [0.2, 0.25) is 0 Å². The number of carbonyl (C=O) groups excluding carboxylic acids is 1. The molecule has 1 aromatic heterocycles. The third kappa shape index (κ3) is 4.48. The van der Waals surface area contributed by atoms with Gasteiger partial charge < -0.3 is 9.80 Å². The van der Waals surface area contributed by atoms with Gasteiger partial charge in [0.15, 0.2) is 0 Å². The predicted octanol–water partition coefficient (Wildman–Crippen LogP) is 1.14. The summed E-state index contributed by atoms with van der Waals surface area (Å²) in [4.78, 5) is 26.1. The summed E-state index contributed by atoms with van der Waals surface area (Å²) < 4.78 is 0. The lowest BCUT2D eigenvalue weighted by atomic mass is 10.3. The maximum atomic E-state index is 12.3. The topological polar surface area (TPSA) is 52.6 Å². The van der Waals surface area contributed by atoms with Crippen LogP contribution in [-0.4, -0.2) is 67.1 Å². The van der Waals surface area contributed by atoms with Crippen molar-refractivity contribution in [3.8, 4) is 0 Å². The van der Waals surface area contributed by atoms with E-state index in [0.717, 1.165) is 12.2 Å². The first-order valence-electron chi connectivity index (χ1n) is 6.27.